The first kappa shape index (κ1) is 54.2. The Hall–Kier alpha value is -3.37. The molecule has 0 radical (unpaired) electrons. The number of allylic oxidation sites excluding steroid dienone is 6. The van der Waals surface area contributed by atoms with Gasteiger partial charge in [-0.25, -0.2) is 4.79 Å². The SMILES string of the molecule is CO[C@H]1C[C@@H]2CC[C@@H](C)[C@@](O)(O2)C(=O)C(=O)N2CCCCC2C(=O)OC([C@H](C)CC2CC[C@@H](O)[C@H](OC)C2)CC(=O)[C@H](C)/C=C(\C)[C@@H](O)[C@@H](OC)C(=O)[C@H](C)C[C@H](C)/C=C/C=C/C=C/1C. The summed E-state index contributed by atoms with van der Waals surface area (Å²) in [6, 6.07) is -1.14. The third-order valence-corrected chi connectivity index (χ3v) is 14.5. The number of nitrogens with zero attached hydrogens (tertiary/aromatic N) is 1. The minimum atomic E-state index is -2.43. The number of carbonyl (C=O) groups excluding carboxylic acids is 5. The lowest BCUT2D eigenvalue weighted by Gasteiger charge is -2.42. The average Bonchev–Trinajstić information content (AvgIpc) is 3.28. The predicted molar refractivity (Wildman–Crippen MR) is 245 cm³/mol. The van der Waals surface area contributed by atoms with Crippen molar-refractivity contribution in [2.45, 2.75) is 180 Å². The number of carbonyl (C=O) groups is 5. The number of cyclic esters (lactones) is 1. The third kappa shape index (κ3) is 14.3. The van der Waals surface area contributed by atoms with Crippen LogP contribution >= 0.6 is 0 Å². The Kier molecular flexibility index (Phi) is 21.0. The zero-order valence-corrected chi connectivity index (χ0v) is 40.6. The smallest absolute Gasteiger partial charge is 0.329 e. The molecule has 1 aliphatic carbocycles. The molecule has 14 nitrogen and oxygen atoms in total. The topological polar surface area (TPSA) is 195 Å². The second-order valence-corrected chi connectivity index (χ2v) is 19.6. The van der Waals surface area contributed by atoms with Gasteiger partial charge in [-0.3, -0.25) is 19.2 Å². The van der Waals surface area contributed by atoms with E-state index in [4.69, 9.17) is 23.7 Å². The lowest BCUT2D eigenvalue weighted by Crippen LogP contribution is -2.61. The van der Waals surface area contributed by atoms with Crippen molar-refractivity contribution in [1.82, 2.24) is 4.90 Å². The first-order chi connectivity index (χ1) is 30.7. The maximum Gasteiger partial charge on any atom is 0.329 e. The van der Waals surface area contributed by atoms with Crippen LogP contribution in [0.4, 0.5) is 0 Å². The largest absolute Gasteiger partial charge is 0.460 e. The van der Waals surface area contributed by atoms with E-state index in [2.05, 4.69) is 0 Å². The van der Waals surface area contributed by atoms with E-state index in [1.165, 1.54) is 12.0 Å². The second-order valence-electron chi connectivity index (χ2n) is 19.6. The molecule has 0 aromatic carbocycles. The Morgan fingerprint density at radius 3 is 2.25 bits per heavy atom. The summed E-state index contributed by atoms with van der Waals surface area (Å²) in [5, 5.41) is 33.8. The third-order valence-electron chi connectivity index (χ3n) is 14.5. The van der Waals surface area contributed by atoms with Crippen molar-refractivity contribution < 1.29 is 63.0 Å². The van der Waals surface area contributed by atoms with Gasteiger partial charge in [-0.15, -0.1) is 0 Å². The summed E-state index contributed by atoms with van der Waals surface area (Å²) in [7, 11) is 4.52. The number of esters is 1. The van der Waals surface area contributed by atoms with Crippen LogP contribution in [0.2, 0.25) is 0 Å². The number of hydrogen-bond acceptors (Lipinski definition) is 13. The number of aliphatic hydroxyl groups is 3. The first-order valence-corrected chi connectivity index (χ1v) is 23.9. The van der Waals surface area contributed by atoms with Gasteiger partial charge in [-0.1, -0.05) is 71.1 Å². The molecule has 4 rings (SSSR count). The van der Waals surface area contributed by atoms with Crippen LogP contribution in [-0.2, 0) is 47.7 Å². The predicted octanol–water partition coefficient (Wildman–Crippen LogP) is 6.18. The van der Waals surface area contributed by atoms with Crippen LogP contribution in [0, 0.1) is 35.5 Å². The normalized spacial score (nSPS) is 40.4. The molecule has 3 fully saturated rings. The quantitative estimate of drug-likeness (QED) is 0.156. The van der Waals surface area contributed by atoms with Gasteiger partial charge in [0.1, 0.15) is 30.1 Å². The van der Waals surface area contributed by atoms with E-state index >= 15 is 0 Å². The Morgan fingerprint density at radius 2 is 1.57 bits per heavy atom. The zero-order chi connectivity index (χ0) is 48.2. The molecule has 2 saturated heterocycles. The Labute approximate surface area is 387 Å². The van der Waals surface area contributed by atoms with Gasteiger partial charge in [0.2, 0.25) is 5.79 Å². The summed E-state index contributed by atoms with van der Waals surface area (Å²) in [4.78, 5) is 71.8. The van der Waals surface area contributed by atoms with Gasteiger partial charge in [-0.2, -0.15) is 0 Å². The summed E-state index contributed by atoms with van der Waals surface area (Å²) in [5.41, 5.74) is 1.27. The number of methoxy groups -OCH3 is 3. The van der Waals surface area contributed by atoms with Crippen LogP contribution in [-0.4, -0.2) is 132 Å². The van der Waals surface area contributed by atoms with Crippen molar-refractivity contribution in [3.05, 3.63) is 47.6 Å². The van der Waals surface area contributed by atoms with Crippen molar-refractivity contribution >= 4 is 29.2 Å². The summed E-state index contributed by atoms with van der Waals surface area (Å²) < 4.78 is 29.4. The molecule has 14 heteroatoms. The van der Waals surface area contributed by atoms with Gasteiger partial charge in [-0.05, 0) is 107 Å². The van der Waals surface area contributed by atoms with Gasteiger partial charge in [0.05, 0.1) is 24.4 Å². The van der Waals surface area contributed by atoms with Crippen LogP contribution in [0.15, 0.2) is 47.6 Å². The van der Waals surface area contributed by atoms with E-state index in [0.717, 1.165) is 12.0 Å². The van der Waals surface area contributed by atoms with E-state index < -0.39 is 83.9 Å². The summed E-state index contributed by atoms with van der Waals surface area (Å²) >= 11 is 0. The molecular weight excluding hydrogens is 835 g/mol. The van der Waals surface area contributed by atoms with E-state index in [9.17, 15) is 39.3 Å². The zero-order valence-electron chi connectivity index (χ0n) is 40.6. The molecule has 1 saturated carbocycles. The van der Waals surface area contributed by atoms with Crippen LogP contribution in [0.1, 0.15) is 126 Å². The van der Waals surface area contributed by atoms with Crippen molar-refractivity contribution in [2.75, 3.05) is 27.9 Å². The Balaban J connectivity index is 1.70. The maximum atomic E-state index is 14.4. The van der Waals surface area contributed by atoms with Crippen LogP contribution in [0.25, 0.3) is 0 Å². The molecule has 3 heterocycles. The summed E-state index contributed by atoms with van der Waals surface area (Å²) in [5.74, 6) is -7.96. The van der Waals surface area contributed by atoms with Gasteiger partial charge < -0.3 is 43.9 Å². The highest BCUT2D eigenvalue weighted by molar-refractivity contribution is 6.39. The van der Waals surface area contributed by atoms with Gasteiger partial charge in [0.15, 0.2) is 5.78 Å². The Morgan fingerprint density at radius 1 is 0.846 bits per heavy atom. The molecule has 3 N–H and O–H groups in total. The number of Topliss-reactive ketones (excluding diaryl/α,β-unsaturated/α-hetero) is 3. The second kappa shape index (κ2) is 25.1. The number of hydrogen-bond donors (Lipinski definition) is 3. The fraction of sp³-hybridized carbons (Fsp3) is 0.745. The maximum absolute atomic E-state index is 14.4. The summed E-state index contributed by atoms with van der Waals surface area (Å²) in [6.45, 7) is 12.7. The van der Waals surface area contributed by atoms with Crippen molar-refractivity contribution in [1.29, 1.82) is 0 Å². The molecule has 366 valence electrons. The molecule has 0 aromatic rings. The number of ketones is 3. The molecule has 2 bridgehead atoms. The summed E-state index contributed by atoms with van der Waals surface area (Å²) in [6.07, 6.45) is 11.2. The molecule has 3 aliphatic heterocycles. The lowest BCUT2D eigenvalue weighted by atomic mass is 9.78. The molecule has 4 aliphatic rings. The van der Waals surface area contributed by atoms with E-state index in [1.54, 1.807) is 41.1 Å². The highest BCUT2D eigenvalue weighted by Crippen LogP contribution is 2.38. The van der Waals surface area contributed by atoms with Gasteiger partial charge in [0, 0.05) is 58.5 Å². The molecule has 3 unspecified atom stereocenters. The number of rotatable bonds is 6. The minimum absolute atomic E-state index is 0.0193. The molecule has 65 heavy (non-hydrogen) atoms. The van der Waals surface area contributed by atoms with Crippen LogP contribution < -0.4 is 0 Å². The van der Waals surface area contributed by atoms with E-state index in [-0.39, 0.29) is 54.8 Å². The van der Waals surface area contributed by atoms with Crippen molar-refractivity contribution in [3.8, 4) is 0 Å². The molecule has 0 aromatic heterocycles. The highest BCUT2D eigenvalue weighted by atomic mass is 16.6. The first-order valence-electron chi connectivity index (χ1n) is 23.9. The lowest BCUT2D eigenvalue weighted by molar-refractivity contribution is -0.265. The van der Waals surface area contributed by atoms with E-state index in [1.807, 2.05) is 58.1 Å². The van der Waals surface area contributed by atoms with Gasteiger partial charge in [0.25, 0.3) is 11.7 Å². The number of fused-ring (bicyclic) bond motifs is 3. The number of ether oxygens (including phenoxy) is 5. The monoisotopic (exact) mass is 914 g/mol. The molecule has 0 spiro atoms. The fourth-order valence-electron chi connectivity index (χ4n) is 10.1. The fourth-order valence-corrected chi connectivity index (χ4v) is 10.1. The highest BCUT2D eigenvalue weighted by Gasteiger charge is 2.53. The number of amides is 1. The van der Waals surface area contributed by atoms with Gasteiger partial charge >= 0.3 is 5.97 Å². The molecule has 15 atom stereocenters. The molecule has 1 amide bonds. The van der Waals surface area contributed by atoms with Crippen molar-refractivity contribution in [2.24, 2.45) is 35.5 Å². The number of aliphatic hydroxyl groups excluding tert-OH is 2. The number of piperidine rings is 1. The molecular formula is C51H79NO13. The Bertz CT molecular complexity index is 1760. The minimum Gasteiger partial charge on any atom is -0.460 e. The van der Waals surface area contributed by atoms with E-state index in [0.29, 0.717) is 63.4 Å². The standard InChI is InChI=1S/C51H79NO13/c1-30-16-12-11-13-17-31(2)42(61-8)28-38-21-19-36(7)51(60,65-38)48(57)49(58)52-23-15-14-18-39(52)50(59)64-43(33(4)26-37-20-22-40(53)44(27-37)62-9)29-41(54)32(3)25-35(6)46(56)47(63-10)45(55)34(5)24-30/h11-13,16-17,25,30,32-34,36-40,42-44,46-47,53,56,60H,14-15,18-24,26-29H2,1-10H3/b13-11+,16-12+,31-17+,35-25+/t30-,32-,33-,34-,36-,37?,38+,39?,40-,42+,43?,44-,46-,47+,51-/m1/s1. The average molecular weight is 914 g/mol. The van der Waals surface area contributed by atoms with Crippen LogP contribution in [0.5, 0.6) is 0 Å². The van der Waals surface area contributed by atoms with Crippen LogP contribution in [0.3, 0.4) is 0 Å². The van der Waals surface area contributed by atoms with Crippen molar-refractivity contribution in [3.63, 3.8) is 0 Å².